The Kier molecular flexibility index (Phi) is 3.89. The van der Waals surface area contributed by atoms with Gasteiger partial charge in [-0.25, -0.2) is 14.4 Å². The molecule has 0 saturated carbocycles. The predicted octanol–water partition coefficient (Wildman–Crippen LogP) is 3.21. The van der Waals surface area contributed by atoms with Crippen LogP contribution < -0.4 is 5.32 Å². The Labute approximate surface area is 130 Å². The first-order chi connectivity index (χ1) is 10.6. The number of hydrogen-bond donors (Lipinski definition) is 2. The smallest absolute Gasteiger partial charge is 0.263 e. The van der Waals surface area contributed by atoms with Gasteiger partial charge in [-0.2, -0.15) is 0 Å². The Hall–Kier alpha value is -2.28. The summed E-state index contributed by atoms with van der Waals surface area (Å²) in [7, 11) is 0. The molecule has 2 heterocycles. The molecule has 5 nitrogen and oxygen atoms in total. The lowest BCUT2D eigenvalue weighted by Crippen LogP contribution is -2.23. The molecular weight excluding hydrogens is 303 g/mol. The highest BCUT2D eigenvalue weighted by molar-refractivity contribution is 7.11. The topological polar surface area (TPSA) is 70.7 Å². The van der Waals surface area contributed by atoms with E-state index < -0.39 is 0 Å². The Morgan fingerprint density at radius 3 is 3.00 bits per heavy atom. The zero-order valence-electron chi connectivity index (χ0n) is 12.2. The molecule has 3 aromatic rings. The number of hydrogen-bond acceptors (Lipinski definition) is 4. The summed E-state index contributed by atoms with van der Waals surface area (Å²) in [6, 6.07) is 4.72. The molecule has 1 aromatic carbocycles. The number of H-pyrrole nitrogens is 1. The molecule has 1 amide bonds. The second kappa shape index (κ2) is 5.84. The van der Waals surface area contributed by atoms with Gasteiger partial charge in [0.25, 0.3) is 5.91 Å². The second-order valence-electron chi connectivity index (χ2n) is 5.22. The summed E-state index contributed by atoms with van der Waals surface area (Å²) in [5.74, 6) is 0.138. The van der Waals surface area contributed by atoms with E-state index in [1.54, 1.807) is 17.6 Å². The molecule has 0 aliphatic carbocycles. The van der Waals surface area contributed by atoms with Crippen molar-refractivity contribution in [2.75, 3.05) is 0 Å². The molecule has 0 unspecified atom stereocenters. The van der Waals surface area contributed by atoms with E-state index in [1.165, 1.54) is 17.4 Å². The number of fused-ring (bicyclic) bond motifs is 1. The number of aromatic amines is 1. The molecule has 0 saturated heterocycles. The fourth-order valence-corrected chi connectivity index (χ4v) is 3.07. The highest BCUT2D eigenvalue weighted by Gasteiger charge is 2.17. The van der Waals surface area contributed by atoms with E-state index in [0.717, 1.165) is 5.69 Å². The summed E-state index contributed by atoms with van der Waals surface area (Å²) in [4.78, 5) is 24.2. The third-order valence-electron chi connectivity index (χ3n) is 3.28. The van der Waals surface area contributed by atoms with Crippen LogP contribution in [0.15, 0.2) is 23.7 Å². The van der Waals surface area contributed by atoms with Gasteiger partial charge in [-0.1, -0.05) is 19.9 Å². The van der Waals surface area contributed by atoms with Gasteiger partial charge < -0.3 is 10.3 Å². The zero-order valence-corrected chi connectivity index (χ0v) is 13.0. The van der Waals surface area contributed by atoms with Gasteiger partial charge in [-0.15, -0.1) is 11.3 Å². The molecule has 0 radical (unpaired) electrons. The van der Waals surface area contributed by atoms with Crippen molar-refractivity contribution in [1.82, 2.24) is 20.3 Å². The highest BCUT2D eigenvalue weighted by atomic mass is 32.1. The molecule has 0 aliphatic rings. The first-order valence-corrected chi connectivity index (χ1v) is 7.79. The van der Waals surface area contributed by atoms with E-state index in [2.05, 4.69) is 20.3 Å². The van der Waals surface area contributed by atoms with Crippen molar-refractivity contribution >= 4 is 28.3 Å². The largest absolute Gasteiger partial charge is 0.344 e. The third-order valence-corrected chi connectivity index (χ3v) is 4.12. The van der Waals surface area contributed by atoms with Crippen LogP contribution in [0.3, 0.4) is 0 Å². The first kappa shape index (κ1) is 14.6. The molecule has 0 spiro atoms. The number of imidazole rings is 1. The summed E-state index contributed by atoms with van der Waals surface area (Å²) in [5, 5.41) is 2.79. The van der Waals surface area contributed by atoms with E-state index in [4.69, 9.17) is 0 Å². The van der Waals surface area contributed by atoms with E-state index in [1.807, 2.05) is 13.8 Å². The minimum atomic E-state index is -0.379. The van der Waals surface area contributed by atoms with Gasteiger partial charge in [0.15, 0.2) is 5.82 Å². The van der Waals surface area contributed by atoms with Crippen LogP contribution in [0.25, 0.3) is 11.0 Å². The van der Waals surface area contributed by atoms with E-state index in [-0.39, 0.29) is 29.7 Å². The van der Waals surface area contributed by atoms with Crippen molar-refractivity contribution in [2.45, 2.75) is 26.3 Å². The van der Waals surface area contributed by atoms with Crippen LogP contribution in [0.2, 0.25) is 0 Å². The van der Waals surface area contributed by atoms with Crippen molar-refractivity contribution in [3.63, 3.8) is 0 Å². The Morgan fingerprint density at radius 1 is 1.45 bits per heavy atom. The van der Waals surface area contributed by atoms with E-state index in [9.17, 15) is 9.18 Å². The molecule has 0 atom stereocenters. The maximum absolute atomic E-state index is 13.6. The molecule has 0 aliphatic heterocycles. The molecule has 0 bridgehead atoms. The fraction of sp³-hybridized carbons (Fsp3) is 0.267. The van der Waals surface area contributed by atoms with Gasteiger partial charge in [-0.3, -0.25) is 4.79 Å². The molecule has 22 heavy (non-hydrogen) atoms. The number of carbonyl (C=O) groups is 1. The monoisotopic (exact) mass is 318 g/mol. The molecule has 0 fully saturated rings. The van der Waals surface area contributed by atoms with Gasteiger partial charge in [0, 0.05) is 0 Å². The normalized spacial score (nSPS) is 11.3. The van der Waals surface area contributed by atoms with Gasteiger partial charge in [0.05, 0.1) is 23.3 Å². The Bertz CT molecular complexity index is 824. The number of benzene rings is 1. The van der Waals surface area contributed by atoms with Crippen LogP contribution in [-0.2, 0) is 6.54 Å². The molecule has 7 heteroatoms. The number of aromatic nitrogens is 3. The minimum absolute atomic E-state index is 0.187. The lowest BCUT2D eigenvalue weighted by Gasteiger charge is -2.05. The predicted molar refractivity (Wildman–Crippen MR) is 83.4 cm³/mol. The van der Waals surface area contributed by atoms with Crippen molar-refractivity contribution in [3.8, 4) is 0 Å². The van der Waals surface area contributed by atoms with Crippen LogP contribution in [0.1, 0.15) is 41.0 Å². The van der Waals surface area contributed by atoms with E-state index >= 15 is 0 Å². The number of para-hydroxylation sites is 1. The third kappa shape index (κ3) is 2.71. The van der Waals surface area contributed by atoms with Crippen LogP contribution in [0, 0.1) is 5.82 Å². The van der Waals surface area contributed by atoms with E-state index in [0.29, 0.717) is 16.2 Å². The van der Waals surface area contributed by atoms with Crippen molar-refractivity contribution in [2.24, 2.45) is 0 Å². The van der Waals surface area contributed by atoms with Crippen LogP contribution in [0.5, 0.6) is 0 Å². The van der Waals surface area contributed by atoms with Gasteiger partial charge in [0.2, 0.25) is 0 Å². The lowest BCUT2D eigenvalue weighted by atomic mass is 10.1. The SMILES string of the molecule is CC(C)c1ncsc1C(=O)NCc1nc2c(F)cccc2[nH]1. The summed E-state index contributed by atoms with van der Waals surface area (Å²) in [6.45, 7) is 4.20. The standard InChI is InChI=1S/C15H15FN4OS/c1-8(2)12-14(22-7-18-12)15(21)17-6-11-19-10-5-3-4-9(16)13(10)20-11/h3-5,7-8H,6H2,1-2H3,(H,17,21)(H,19,20). The molecule has 2 N–H and O–H groups in total. The average Bonchev–Trinajstić information content (AvgIpc) is 3.12. The van der Waals surface area contributed by atoms with Crippen molar-refractivity contribution in [1.29, 1.82) is 0 Å². The van der Waals surface area contributed by atoms with Crippen molar-refractivity contribution in [3.05, 3.63) is 45.9 Å². The number of nitrogens with zero attached hydrogens (tertiary/aromatic N) is 2. The van der Waals surface area contributed by atoms with Crippen LogP contribution in [0.4, 0.5) is 4.39 Å². The van der Waals surface area contributed by atoms with Crippen LogP contribution >= 0.6 is 11.3 Å². The maximum atomic E-state index is 13.6. The lowest BCUT2D eigenvalue weighted by molar-refractivity contribution is 0.0952. The summed E-state index contributed by atoms with van der Waals surface area (Å²) >= 11 is 1.31. The number of amides is 1. The summed E-state index contributed by atoms with van der Waals surface area (Å²) < 4.78 is 13.6. The molecule has 3 rings (SSSR count). The highest BCUT2D eigenvalue weighted by Crippen LogP contribution is 2.21. The Morgan fingerprint density at radius 2 is 2.27 bits per heavy atom. The van der Waals surface area contributed by atoms with Crippen LogP contribution in [-0.4, -0.2) is 20.9 Å². The summed E-state index contributed by atoms with van der Waals surface area (Å²) in [5.41, 5.74) is 3.36. The average molecular weight is 318 g/mol. The molecular formula is C15H15FN4OS. The number of nitrogens with one attached hydrogen (secondary N) is 2. The van der Waals surface area contributed by atoms with Gasteiger partial charge in [-0.05, 0) is 18.1 Å². The number of halogens is 1. The number of thiazole rings is 1. The second-order valence-corrected chi connectivity index (χ2v) is 6.08. The molecule has 114 valence electrons. The Balaban J connectivity index is 1.75. The maximum Gasteiger partial charge on any atom is 0.263 e. The van der Waals surface area contributed by atoms with Gasteiger partial charge >= 0.3 is 0 Å². The quantitative estimate of drug-likeness (QED) is 0.776. The number of carbonyl (C=O) groups excluding carboxylic acids is 1. The first-order valence-electron chi connectivity index (χ1n) is 6.91. The summed E-state index contributed by atoms with van der Waals surface area (Å²) in [6.07, 6.45) is 0. The minimum Gasteiger partial charge on any atom is -0.344 e. The number of rotatable bonds is 4. The fourth-order valence-electron chi connectivity index (χ4n) is 2.21. The molecule has 2 aromatic heterocycles. The van der Waals surface area contributed by atoms with Gasteiger partial charge in [0.1, 0.15) is 16.2 Å². The van der Waals surface area contributed by atoms with Crippen molar-refractivity contribution < 1.29 is 9.18 Å². The zero-order chi connectivity index (χ0) is 15.7.